The first-order chi connectivity index (χ1) is 7.48. The molecule has 0 aliphatic heterocycles. The summed E-state index contributed by atoms with van der Waals surface area (Å²) in [5.41, 5.74) is 1.15. The lowest BCUT2D eigenvalue weighted by Crippen LogP contribution is -2.23. The van der Waals surface area contributed by atoms with E-state index in [0.29, 0.717) is 0 Å². The van der Waals surface area contributed by atoms with Crippen LogP contribution in [-0.4, -0.2) is 15.3 Å². The van der Waals surface area contributed by atoms with E-state index < -0.39 is 0 Å². The molecule has 2 nitrogen and oxygen atoms in total. The molecule has 2 aromatic rings. The molecule has 0 aliphatic rings. The summed E-state index contributed by atoms with van der Waals surface area (Å²) in [5.74, 6) is 0. The van der Waals surface area contributed by atoms with Crippen LogP contribution in [0.4, 0.5) is 0 Å². The Balaban J connectivity index is 2.31. The van der Waals surface area contributed by atoms with Crippen molar-refractivity contribution in [2.45, 2.75) is 32.6 Å². The van der Waals surface area contributed by atoms with Crippen molar-refractivity contribution in [2.24, 2.45) is 5.41 Å². The molecule has 0 bridgehead atoms. The zero-order chi connectivity index (χ0) is 11.8. The average molecular weight is 255 g/mol. The van der Waals surface area contributed by atoms with Crippen molar-refractivity contribution in [2.75, 3.05) is 0 Å². The molecular weight excluding hydrogens is 240 g/mol. The first-order valence-electron chi connectivity index (χ1n) is 5.29. The topological polar surface area (TPSA) is 25.8 Å². The molecule has 1 atom stereocenters. The summed E-state index contributed by atoms with van der Waals surface area (Å²) in [7, 11) is 0. The molecule has 86 valence electrons. The molecule has 0 spiro atoms. The smallest absolute Gasteiger partial charge is 0.126 e. The van der Waals surface area contributed by atoms with Gasteiger partial charge in [-0.3, -0.25) is 0 Å². The van der Waals surface area contributed by atoms with Crippen LogP contribution in [0.25, 0.3) is 10.2 Å². The molecule has 0 amide bonds. The number of fused-ring (bicyclic) bond motifs is 1. The molecule has 0 radical (unpaired) electrons. The fourth-order valence-corrected chi connectivity index (χ4v) is 2.38. The van der Waals surface area contributed by atoms with E-state index in [1.807, 2.05) is 5.38 Å². The number of hydrogen-bond donors (Lipinski definition) is 0. The monoisotopic (exact) mass is 254 g/mol. The SMILES string of the molecule is CC(C)(C)C(Cl)Cc1ncnc2sccc12. The van der Waals surface area contributed by atoms with E-state index in [0.717, 1.165) is 22.3 Å². The molecule has 0 saturated heterocycles. The number of halogens is 1. The molecule has 0 aliphatic carbocycles. The second kappa shape index (κ2) is 4.30. The highest BCUT2D eigenvalue weighted by Crippen LogP contribution is 2.29. The zero-order valence-electron chi connectivity index (χ0n) is 9.70. The van der Waals surface area contributed by atoms with Crippen molar-refractivity contribution >= 4 is 33.2 Å². The highest BCUT2D eigenvalue weighted by molar-refractivity contribution is 7.16. The van der Waals surface area contributed by atoms with Crippen LogP contribution in [0, 0.1) is 5.41 Å². The molecule has 2 rings (SSSR count). The highest BCUT2D eigenvalue weighted by Gasteiger charge is 2.23. The minimum atomic E-state index is 0.0884. The fourth-order valence-electron chi connectivity index (χ4n) is 1.48. The Morgan fingerprint density at radius 2 is 2.12 bits per heavy atom. The Morgan fingerprint density at radius 3 is 2.81 bits per heavy atom. The van der Waals surface area contributed by atoms with E-state index in [-0.39, 0.29) is 10.8 Å². The summed E-state index contributed by atoms with van der Waals surface area (Å²) in [4.78, 5) is 9.62. The van der Waals surface area contributed by atoms with Gasteiger partial charge in [-0.1, -0.05) is 20.8 Å². The van der Waals surface area contributed by atoms with Gasteiger partial charge in [0.2, 0.25) is 0 Å². The maximum Gasteiger partial charge on any atom is 0.126 e. The first kappa shape index (κ1) is 11.8. The van der Waals surface area contributed by atoms with Crippen molar-refractivity contribution in [3.63, 3.8) is 0 Å². The maximum absolute atomic E-state index is 6.40. The van der Waals surface area contributed by atoms with Gasteiger partial charge in [0.05, 0.1) is 5.69 Å². The van der Waals surface area contributed by atoms with Gasteiger partial charge in [0, 0.05) is 17.2 Å². The van der Waals surface area contributed by atoms with E-state index >= 15 is 0 Å². The van der Waals surface area contributed by atoms with Crippen molar-refractivity contribution in [1.82, 2.24) is 9.97 Å². The number of aromatic nitrogens is 2. The average Bonchev–Trinajstić information content (AvgIpc) is 2.65. The fraction of sp³-hybridized carbons (Fsp3) is 0.500. The number of nitrogens with zero attached hydrogens (tertiary/aromatic N) is 2. The van der Waals surface area contributed by atoms with E-state index in [1.54, 1.807) is 17.7 Å². The Hall–Kier alpha value is -0.670. The Kier molecular flexibility index (Phi) is 3.17. The van der Waals surface area contributed by atoms with Gasteiger partial charge in [0.1, 0.15) is 11.2 Å². The van der Waals surface area contributed by atoms with Crippen LogP contribution in [0.2, 0.25) is 0 Å². The van der Waals surface area contributed by atoms with Crippen LogP contribution < -0.4 is 0 Å². The van der Waals surface area contributed by atoms with Gasteiger partial charge >= 0.3 is 0 Å². The van der Waals surface area contributed by atoms with E-state index in [9.17, 15) is 0 Å². The van der Waals surface area contributed by atoms with Crippen molar-refractivity contribution < 1.29 is 0 Å². The van der Waals surface area contributed by atoms with Crippen molar-refractivity contribution in [3.05, 3.63) is 23.5 Å². The number of thiophene rings is 1. The lowest BCUT2D eigenvalue weighted by molar-refractivity contribution is 0.385. The lowest BCUT2D eigenvalue weighted by Gasteiger charge is -2.24. The summed E-state index contributed by atoms with van der Waals surface area (Å²) in [5, 5.41) is 3.27. The summed E-state index contributed by atoms with van der Waals surface area (Å²) >= 11 is 8.04. The number of hydrogen-bond acceptors (Lipinski definition) is 3. The predicted molar refractivity (Wildman–Crippen MR) is 70.2 cm³/mol. The Morgan fingerprint density at radius 1 is 1.38 bits per heavy atom. The van der Waals surface area contributed by atoms with Crippen LogP contribution in [0.15, 0.2) is 17.8 Å². The van der Waals surface area contributed by atoms with Gasteiger partial charge < -0.3 is 0 Å². The Labute approximate surface area is 105 Å². The molecule has 2 aromatic heterocycles. The number of rotatable bonds is 2. The largest absolute Gasteiger partial charge is 0.241 e. The zero-order valence-corrected chi connectivity index (χ0v) is 11.3. The minimum Gasteiger partial charge on any atom is -0.241 e. The van der Waals surface area contributed by atoms with Crippen molar-refractivity contribution in [3.8, 4) is 0 Å². The summed E-state index contributed by atoms with van der Waals surface area (Å²) in [6, 6.07) is 2.07. The second-order valence-electron chi connectivity index (χ2n) is 5.00. The minimum absolute atomic E-state index is 0.0884. The van der Waals surface area contributed by atoms with Gasteiger partial charge in [0.15, 0.2) is 0 Å². The molecular formula is C12H15ClN2S. The number of alkyl halides is 1. The van der Waals surface area contributed by atoms with Gasteiger partial charge in [-0.25, -0.2) is 9.97 Å². The Bertz CT molecular complexity index is 487. The molecule has 0 aromatic carbocycles. The summed E-state index contributed by atoms with van der Waals surface area (Å²) in [6.45, 7) is 6.45. The van der Waals surface area contributed by atoms with E-state index in [1.165, 1.54) is 0 Å². The lowest BCUT2D eigenvalue weighted by atomic mass is 9.89. The van der Waals surface area contributed by atoms with Crippen molar-refractivity contribution in [1.29, 1.82) is 0 Å². The predicted octanol–water partition coefficient (Wildman–Crippen LogP) is 3.89. The summed E-state index contributed by atoms with van der Waals surface area (Å²) < 4.78 is 0. The second-order valence-corrected chi connectivity index (χ2v) is 6.42. The maximum atomic E-state index is 6.40. The third-order valence-corrected chi connectivity index (χ3v) is 4.29. The van der Waals surface area contributed by atoms with Gasteiger partial charge in [-0.15, -0.1) is 22.9 Å². The van der Waals surface area contributed by atoms with Gasteiger partial charge in [-0.05, 0) is 16.9 Å². The molecule has 0 N–H and O–H groups in total. The quantitative estimate of drug-likeness (QED) is 0.760. The van der Waals surface area contributed by atoms with Crippen LogP contribution in [0.3, 0.4) is 0 Å². The van der Waals surface area contributed by atoms with E-state index in [2.05, 4.69) is 36.8 Å². The molecule has 1 unspecified atom stereocenters. The molecule has 4 heteroatoms. The van der Waals surface area contributed by atoms with Crippen LogP contribution >= 0.6 is 22.9 Å². The third-order valence-electron chi connectivity index (χ3n) is 2.66. The molecule has 0 saturated carbocycles. The van der Waals surface area contributed by atoms with Crippen LogP contribution in [-0.2, 0) is 6.42 Å². The standard InChI is InChI=1S/C12H15ClN2S/c1-12(2,3)10(13)6-9-8-4-5-16-11(8)15-7-14-9/h4-5,7,10H,6H2,1-3H3. The first-order valence-corrected chi connectivity index (χ1v) is 6.61. The third kappa shape index (κ3) is 2.36. The molecule has 2 heterocycles. The van der Waals surface area contributed by atoms with E-state index in [4.69, 9.17) is 11.6 Å². The highest BCUT2D eigenvalue weighted by atomic mass is 35.5. The molecule has 16 heavy (non-hydrogen) atoms. The van der Waals surface area contributed by atoms with Crippen LogP contribution in [0.5, 0.6) is 0 Å². The summed E-state index contributed by atoms with van der Waals surface area (Å²) in [6.07, 6.45) is 2.42. The normalized spacial score (nSPS) is 14.2. The van der Waals surface area contributed by atoms with Gasteiger partial charge in [-0.2, -0.15) is 0 Å². The van der Waals surface area contributed by atoms with Crippen LogP contribution in [0.1, 0.15) is 26.5 Å². The molecule has 0 fully saturated rings. The van der Waals surface area contributed by atoms with Gasteiger partial charge in [0.25, 0.3) is 0 Å².